The highest BCUT2D eigenvalue weighted by atomic mass is 79.9. The minimum atomic E-state index is -0.409. The van der Waals surface area contributed by atoms with E-state index in [9.17, 15) is 0 Å². The van der Waals surface area contributed by atoms with Crippen LogP contribution in [0.15, 0.2) is 366 Å². The molecular formula is C106H70BBr3N8O2. The van der Waals surface area contributed by atoms with Crippen molar-refractivity contribution in [3.63, 3.8) is 0 Å². The average Bonchev–Trinajstić information content (AvgIpc) is 0.879. The zero-order valence-electron chi connectivity index (χ0n) is 65.6. The summed E-state index contributed by atoms with van der Waals surface area (Å²) in [6.07, 6.45) is 7.63. The maximum atomic E-state index is 6.26. The fraction of sp³-hybridized carbons (Fsp3) is 0.0566. The van der Waals surface area contributed by atoms with Crippen molar-refractivity contribution in [2.75, 3.05) is 0 Å². The van der Waals surface area contributed by atoms with Crippen LogP contribution in [0.4, 0.5) is 0 Å². The molecule has 1 saturated heterocycles. The van der Waals surface area contributed by atoms with E-state index in [0.29, 0.717) is 0 Å². The summed E-state index contributed by atoms with van der Waals surface area (Å²) >= 11 is 10.1. The highest BCUT2D eigenvalue weighted by Gasteiger charge is 2.52. The van der Waals surface area contributed by atoms with E-state index in [2.05, 4.69) is 373 Å². The van der Waals surface area contributed by atoms with Crippen molar-refractivity contribution in [1.82, 2.24) is 39.9 Å². The van der Waals surface area contributed by atoms with Gasteiger partial charge in [0.2, 0.25) is 0 Å². The fourth-order valence-corrected chi connectivity index (χ4v) is 19.5. The van der Waals surface area contributed by atoms with Gasteiger partial charge in [0.1, 0.15) is 0 Å². The first-order valence-electron chi connectivity index (χ1n) is 40.0. The van der Waals surface area contributed by atoms with Crippen LogP contribution in [0, 0.1) is 0 Å². The van der Waals surface area contributed by atoms with E-state index in [1.165, 1.54) is 43.1 Å². The molecule has 0 radical (unpaired) electrons. The van der Waals surface area contributed by atoms with Crippen LogP contribution in [0.2, 0.25) is 0 Å². The van der Waals surface area contributed by atoms with Gasteiger partial charge in [0, 0.05) is 78.8 Å². The summed E-state index contributed by atoms with van der Waals surface area (Å²) in [5, 5.41) is 18.2. The zero-order chi connectivity index (χ0) is 80.9. The van der Waals surface area contributed by atoms with E-state index < -0.39 is 7.12 Å². The summed E-state index contributed by atoms with van der Waals surface area (Å²) in [6, 6.07) is 115. The molecule has 0 bridgehead atoms. The molecule has 0 aliphatic carbocycles. The SMILES string of the molecule is Brc1cc(Br)cc(Br)c1.CC1(C)OB(c2cccc(-c3cnc4c5ccccc5c5ccccc5c4n3)c2)OC1(C)C.c1cc(-c2cc(-c3cccc(-c4cnc5c6ccccc6c6ccccc6c5n4)c3)cc(-c3cccc(-c4cnc5c6ccccc6c6ccccc6c5n4)c3)c2)cc(-c2cnc3c4ccccc4c4ccccc4c3n2)c1. The summed E-state index contributed by atoms with van der Waals surface area (Å²) in [5.41, 5.74) is 21.1. The van der Waals surface area contributed by atoms with Gasteiger partial charge in [0.15, 0.2) is 0 Å². The lowest BCUT2D eigenvalue weighted by molar-refractivity contribution is 0.00578. The Bertz CT molecular complexity index is 7250. The van der Waals surface area contributed by atoms with Crippen LogP contribution in [0.5, 0.6) is 0 Å². The van der Waals surface area contributed by atoms with Crippen LogP contribution in [-0.2, 0) is 9.31 Å². The van der Waals surface area contributed by atoms with E-state index >= 15 is 0 Å². The van der Waals surface area contributed by atoms with Crippen molar-refractivity contribution < 1.29 is 9.31 Å². The minimum absolute atomic E-state index is 0.379. The van der Waals surface area contributed by atoms with Crippen molar-refractivity contribution >= 4 is 191 Å². The second-order valence-electron chi connectivity index (χ2n) is 31.5. The van der Waals surface area contributed by atoms with Crippen molar-refractivity contribution in [3.8, 4) is 78.4 Å². The first-order valence-corrected chi connectivity index (χ1v) is 42.4. The molecule has 0 unspecified atom stereocenters. The second-order valence-corrected chi connectivity index (χ2v) is 34.3. The number of nitrogens with zero attached hydrogens (tertiary/aromatic N) is 8. The van der Waals surface area contributed by atoms with Gasteiger partial charge in [-0.1, -0.05) is 321 Å². The Kier molecular flexibility index (Phi) is 18.8. The van der Waals surface area contributed by atoms with Crippen LogP contribution >= 0.6 is 47.8 Å². The maximum absolute atomic E-state index is 6.26. The van der Waals surface area contributed by atoms with Gasteiger partial charge in [-0.2, -0.15) is 0 Å². The number of hydrogen-bond acceptors (Lipinski definition) is 10. The molecule has 0 saturated carbocycles. The lowest BCUT2D eigenvalue weighted by atomic mass is 9.78. The normalized spacial score (nSPS) is 13.2. The molecule has 4 aromatic heterocycles. The molecular weight excluding hydrogens is 1670 g/mol. The fourth-order valence-electron chi connectivity index (χ4n) is 17.1. The first-order chi connectivity index (χ1) is 58.7. The third kappa shape index (κ3) is 13.5. The molecule has 23 rings (SSSR count). The third-order valence-electron chi connectivity index (χ3n) is 23.7. The molecule has 0 amide bonds. The Morgan fingerprint density at radius 2 is 0.408 bits per heavy atom. The molecule has 570 valence electrons. The summed E-state index contributed by atoms with van der Waals surface area (Å²) < 4.78 is 15.7. The Balaban J connectivity index is 0.000000174. The smallest absolute Gasteiger partial charge is 0.399 e. The van der Waals surface area contributed by atoms with Gasteiger partial charge in [0.05, 0.1) is 103 Å². The Morgan fingerprint density at radius 1 is 0.208 bits per heavy atom. The molecule has 1 aliphatic rings. The van der Waals surface area contributed by atoms with E-state index in [0.717, 1.165) is 185 Å². The second kappa shape index (κ2) is 30.3. The highest BCUT2D eigenvalue weighted by Crippen LogP contribution is 2.44. The topological polar surface area (TPSA) is 122 Å². The van der Waals surface area contributed by atoms with Crippen LogP contribution in [0.1, 0.15) is 27.7 Å². The molecule has 1 aliphatic heterocycles. The number of hydrogen-bond donors (Lipinski definition) is 0. The van der Waals surface area contributed by atoms with E-state index in [1.807, 2.05) is 55.1 Å². The Hall–Kier alpha value is -13.2. The third-order valence-corrected chi connectivity index (χ3v) is 25.0. The van der Waals surface area contributed by atoms with Gasteiger partial charge in [0.25, 0.3) is 0 Å². The van der Waals surface area contributed by atoms with E-state index in [-0.39, 0.29) is 11.2 Å². The summed E-state index contributed by atoms with van der Waals surface area (Å²) in [5.74, 6) is 0. The first kappa shape index (κ1) is 74.4. The summed E-state index contributed by atoms with van der Waals surface area (Å²) in [7, 11) is -0.409. The molecule has 0 spiro atoms. The number of halogens is 3. The van der Waals surface area contributed by atoms with Crippen molar-refractivity contribution in [3.05, 3.63) is 366 Å². The van der Waals surface area contributed by atoms with Crippen molar-refractivity contribution in [2.24, 2.45) is 0 Å². The van der Waals surface area contributed by atoms with E-state index in [1.54, 1.807) is 0 Å². The number of aromatic nitrogens is 8. The zero-order valence-corrected chi connectivity index (χ0v) is 70.3. The molecule has 120 heavy (non-hydrogen) atoms. The molecule has 1 fully saturated rings. The van der Waals surface area contributed by atoms with Gasteiger partial charge < -0.3 is 9.31 Å². The average molecular weight is 1740 g/mol. The lowest BCUT2D eigenvalue weighted by Gasteiger charge is -2.32. The van der Waals surface area contributed by atoms with Gasteiger partial charge in [-0.05, 0) is 164 Å². The summed E-state index contributed by atoms with van der Waals surface area (Å²) in [6.45, 7) is 8.28. The van der Waals surface area contributed by atoms with Crippen molar-refractivity contribution in [1.29, 1.82) is 0 Å². The number of rotatable bonds is 8. The molecule has 10 nitrogen and oxygen atoms in total. The molecule has 5 heterocycles. The van der Waals surface area contributed by atoms with Gasteiger partial charge >= 0.3 is 7.12 Å². The Morgan fingerprint density at radius 3 is 0.658 bits per heavy atom. The predicted molar refractivity (Wildman–Crippen MR) is 509 cm³/mol. The minimum Gasteiger partial charge on any atom is -0.399 e. The maximum Gasteiger partial charge on any atom is 0.494 e. The van der Waals surface area contributed by atoms with Gasteiger partial charge in [-0.3, -0.25) is 19.9 Å². The van der Waals surface area contributed by atoms with Crippen LogP contribution in [0.3, 0.4) is 0 Å². The predicted octanol–water partition coefficient (Wildman–Crippen LogP) is 28.3. The van der Waals surface area contributed by atoms with E-state index in [4.69, 9.17) is 49.2 Å². The van der Waals surface area contributed by atoms with Gasteiger partial charge in [-0.25, -0.2) is 19.9 Å². The van der Waals surface area contributed by atoms with Crippen molar-refractivity contribution in [2.45, 2.75) is 38.9 Å². The van der Waals surface area contributed by atoms with Crippen LogP contribution in [-0.4, -0.2) is 58.2 Å². The molecule has 0 atom stereocenters. The molecule has 14 heteroatoms. The van der Waals surface area contributed by atoms with Crippen LogP contribution in [0.25, 0.3) is 209 Å². The molecule has 18 aromatic carbocycles. The molecule has 22 aromatic rings. The number of benzene rings is 18. The quantitative estimate of drug-likeness (QED) is 0.107. The standard InChI is InChI=1S/C72H42N6.C28H25BN2O2.C6H3Br3/c1-7-28-58-52(22-1)55-25-4-10-31-61(55)70-67(58)73-40-64(76-70)46-19-13-16-43(34-46)49-37-50(44-17-14-20-47(35-44)65-41-74-68-59-29-8-2-23-53(59)56-26-5-11-32-62(56)71(68)77-65)39-51(38-49)45-18-15-21-48(36-45)66-42-75-69-60-30-9-3-24-54(60)57-27-6-12-33-63(57)72(69)78-66;1-27(2)28(3,4)33-29(32-27)19-11-9-10-18(16-19)24-17-30-25-22-14-7-5-12-20(22)21-13-6-8-15-23(21)26(25)31-24;7-4-1-5(8)3-6(9)2-4/h1-42H;5-17H,1-4H3;1-3H. The largest absolute Gasteiger partial charge is 0.494 e. The highest BCUT2D eigenvalue weighted by molar-refractivity contribution is 9.11. The van der Waals surface area contributed by atoms with Crippen LogP contribution < -0.4 is 5.46 Å². The lowest BCUT2D eigenvalue weighted by Crippen LogP contribution is -2.41. The Labute approximate surface area is 717 Å². The number of fused-ring (bicyclic) bond motifs is 24. The molecule has 0 N–H and O–H groups in total. The monoisotopic (exact) mass is 1730 g/mol. The van der Waals surface area contributed by atoms with Gasteiger partial charge in [-0.15, -0.1) is 0 Å². The summed E-state index contributed by atoms with van der Waals surface area (Å²) in [4.78, 5) is 41.5.